The molecule has 64 valence electrons. The van der Waals surface area contributed by atoms with Crippen LogP contribution in [0.5, 0.6) is 0 Å². The van der Waals surface area contributed by atoms with Gasteiger partial charge in [0.1, 0.15) is 5.69 Å². The lowest BCUT2D eigenvalue weighted by Gasteiger charge is -2.02. The summed E-state index contributed by atoms with van der Waals surface area (Å²) in [5.74, 6) is -0.133. The molecular formula is C8H8BrNO2. The van der Waals surface area contributed by atoms with Crippen LogP contribution in [-0.2, 0) is 6.61 Å². The zero-order valence-corrected chi connectivity index (χ0v) is 8.13. The second kappa shape index (κ2) is 3.78. The van der Waals surface area contributed by atoms with Gasteiger partial charge < -0.3 is 5.11 Å². The molecular weight excluding hydrogens is 222 g/mol. The Bertz CT molecular complexity index is 312. The molecule has 0 amide bonds. The van der Waals surface area contributed by atoms with Gasteiger partial charge >= 0.3 is 0 Å². The van der Waals surface area contributed by atoms with E-state index in [-0.39, 0.29) is 12.4 Å². The van der Waals surface area contributed by atoms with Crippen LogP contribution in [0.4, 0.5) is 0 Å². The predicted octanol–water partition coefficient (Wildman–Crippen LogP) is 1.54. The molecule has 0 fully saturated rings. The summed E-state index contributed by atoms with van der Waals surface area (Å²) in [6, 6.07) is 1.68. The fraction of sp³-hybridized carbons (Fsp3) is 0.250. The van der Waals surface area contributed by atoms with Crippen LogP contribution in [0.2, 0.25) is 0 Å². The lowest BCUT2D eigenvalue weighted by Crippen LogP contribution is -2.02. The van der Waals surface area contributed by atoms with Crippen molar-refractivity contribution in [3.05, 3.63) is 28.0 Å². The summed E-state index contributed by atoms with van der Waals surface area (Å²) < 4.78 is 0.761. The van der Waals surface area contributed by atoms with Crippen LogP contribution in [0.1, 0.15) is 23.0 Å². The van der Waals surface area contributed by atoms with Crippen LogP contribution in [0.15, 0.2) is 16.7 Å². The number of halogens is 1. The summed E-state index contributed by atoms with van der Waals surface area (Å²) in [6.07, 6.45) is 1.54. The number of pyridine rings is 1. The van der Waals surface area contributed by atoms with Crippen molar-refractivity contribution in [2.24, 2.45) is 0 Å². The van der Waals surface area contributed by atoms with Gasteiger partial charge in [-0.2, -0.15) is 0 Å². The maximum absolute atomic E-state index is 10.9. The zero-order chi connectivity index (χ0) is 9.14. The SMILES string of the molecule is CC(=O)c1ncc(Br)cc1CO. The predicted molar refractivity (Wildman–Crippen MR) is 47.9 cm³/mol. The number of hydrogen-bond acceptors (Lipinski definition) is 3. The first-order chi connectivity index (χ1) is 5.65. The first-order valence-electron chi connectivity index (χ1n) is 3.41. The van der Waals surface area contributed by atoms with Crippen LogP contribution in [0, 0.1) is 0 Å². The Morgan fingerprint density at radius 1 is 1.75 bits per heavy atom. The van der Waals surface area contributed by atoms with Crippen molar-refractivity contribution < 1.29 is 9.90 Å². The van der Waals surface area contributed by atoms with Crippen LogP contribution in [-0.4, -0.2) is 15.9 Å². The van der Waals surface area contributed by atoms with Crippen LogP contribution < -0.4 is 0 Å². The molecule has 0 aliphatic rings. The Labute approximate surface area is 78.6 Å². The molecule has 1 heterocycles. The highest BCUT2D eigenvalue weighted by Gasteiger charge is 2.07. The summed E-state index contributed by atoms with van der Waals surface area (Å²) >= 11 is 3.20. The van der Waals surface area contributed by atoms with Gasteiger partial charge in [-0.15, -0.1) is 0 Å². The van der Waals surface area contributed by atoms with Crippen LogP contribution in [0.25, 0.3) is 0 Å². The van der Waals surface area contributed by atoms with Crippen molar-refractivity contribution in [3.8, 4) is 0 Å². The minimum absolute atomic E-state index is 0.133. The minimum Gasteiger partial charge on any atom is -0.392 e. The Balaban J connectivity index is 3.20. The molecule has 0 spiro atoms. The summed E-state index contributed by atoms with van der Waals surface area (Å²) in [7, 11) is 0. The number of aliphatic hydroxyl groups excluding tert-OH is 1. The summed E-state index contributed by atoms with van der Waals surface area (Å²) in [4.78, 5) is 14.8. The third-order valence-corrected chi connectivity index (χ3v) is 1.87. The number of aliphatic hydroxyl groups is 1. The van der Waals surface area contributed by atoms with Crippen LogP contribution in [0.3, 0.4) is 0 Å². The molecule has 0 atom stereocenters. The van der Waals surface area contributed by atoms with Crippen molar-refractivity contribution in [3.63, 3.8) is 0 Å². The summed E-state index contributed by atoms with van der Waals surface area (Å²) in [5, 5.41) is 8.88. The first kappa shape index (κ1) is 9.35. The molecule has 1 rings (SSSR count). The van der Waals surface area contributed by atoms with Gasteiger partial charge in [-0.1, -0.05) is 0 Å². The Hall–Kier alpha value is -0.740. The normalized spacial score (nSPS) is 9.92. The van der Waals surface area contributed by atoms with E-state index in [9.17, 15) is 4.79 Å². The molecule has 1 aromatic rings. The standard InChI is InChI=1S/C8H8BrNO2/c1-5(12)8-6(4-11)2-7(9)3-10-8/h2-3,11H,4H2,1H3. The number of ketones is 1. The fourth-order valence-electron chi connectivity index (χ4n) is 0.919. The molecule has 4 heteroatoms. The average molecular weight is 230 g/mol. The van der Waals surface area contributed by atoms with Gasteiger partial charge in [0.05, 0.1) is 6.61 Å². The fourth-order valence-corrected chi connectivity index (χ4v) is 1.30. The van der Waals surface area contributed by atoms with Gasteiger partial charge in [-0.3, -0.25) is 9.78 Å². The topological polar surface area (TPSA) is 50.2 Å². The van der Waals surface area contributed by atoms with Gasteiger partial charge in [-0.25, -0.2) is 0 Å². The van der Waals surface area contributed by atoms with Gasteiger partial charge in [-0.05, 0) is 22.0 Å². The van der Waals surface area contributed by atoms with Crippen molar-refractivity contribution in [1.82, 2.24) is 4.98 Å². The highest BCUT2D eigenvalue weighted by Crippen LogP contribution is 2.14. The van der Waals surface area contributed by atoms with Crippen molar-refractivity contribution in [2.45, 2.75) is 13.5 Å². The highest BCUT2D eigenvalue weighted by molar-refractivity contribution is 9.10. The second-order valence-electron chi connectivity index (χ2n) is 2.38. The van der Waals surface area contributed by atoms with Crippen molar-refractivity contribution in [1.29, 1.82) is 0 Å². The molecule has 0 radical (unpaired) electrons. The van der Waals surface area contributed by atoms with E-state index in [1.165, 1.54) is 13.1 Å². The van der Waals surface area contributed by atoms with E-state index in [0.717, 1.165) is 4.47 Å². The van der Waals surface area contributed by atoms with Crippen molar-refractivity contribution >= 4 is 21.7 Å². The van der Waals surface area contributed by atoms with E-state index in [1.54, 1.807) is 6.07 Å². The Morgan fingerprint density at radius 2 is 2.42 bits per heavy atom. The quantitative estimate of drug-likeness (QED) is 0.784. The molecule has 1 N–H and O–H groups in total. The van der Waals surface area contributed by atoms with E-state index in [2.05, 4.69) is 20.9 Å². The molecule has 0 aliphatic heterocycles. The van der Waals surface area contributed by atoms with Crippen molar-refractivity contribution in [2.75, 3.05) is 0 Å². The number of Topliss-reactive ketones (excluding diaryl/α,β-unsaturated/α-hetero) is 1. The van der Waals surface area contributed by atoms with E-state index in [1.807, 2.05) is 0 Å². The molecule has 0 saturated heterocycles. The molecule has 1 aromatic heterocycles. The van der Waals surface area contributed by atoms with E-state index >= 15 is 0 Å². The largest absolute Gasteiger partial charge is 0.392 e. The van der Waals surface area contributed by atoms with Gasteiger partial charge in [0.2, 0.25) is 0 Å². The third kappa shape index (κ3) is 1.89. The molecule has 3 nitrogen and oxygen atoms in total. The molecule has 0 aliphatic carbocycles. The van der Waals surface area contributed by atoms with Gasteiger partial charge in [0.25, 0.3) is 0 Å². The number of nitrogens with zero attached hydrogens (tertiary/aromatic N) is 1. The molecule has 12 heavy (non-hydrogen) atoms. The minimum atomic E-state index is -0.165. The average Bonchev–Trinajstić information content (AvgIpc) is 2.03. The monoisotopic (exact) mass is 229 g/mol. The van der Waals surface area contributed by atoms with Crippen LogP contribution >= 0.6 is 15.9 Å². The maximum atomic E-state index is 10.9. The number of rotatable bonds is 2. The highest BCUT2D eigenvalue weighted by atomic mass is 79.9. The van der Waals surface area contributed by atoms with E-state index in [0.29, 0.717) is 11.3 Å². The zero-order valence-electron chi connectivity index (χ0n) is 6.54. The molecule has 0 bridgehead atoms. The Kier molecular flexibility index (Phi) is 2.94. The van der Waals surface area contributed by atoms with Gasteiger partial charge in [0.15, 0.2) is 5.78 Å². The van der Waals surface area contributed by atoms with Gasteiger partial charge in [0, 0.05) is 23.2 Å². The smallest absolute Gasteiger partial charge is 0.178 e. The number of carbonyl (C=O) groups excluding carboxylic acids is 1. The van der Waals surface area contributed by atoms with E-state index < -0.39 is 0 Å². The first-order valence-corrected chi connectivity index (χ1v) is 4.20. The molecule has 0 unspecified atom stereocenters. The second-order valence-corrected chi connectivity index (χ2v) is 3.29. The summed E-state index contributed by atoms with van der Waals surface area (Å²) in [6.45, 7) is 1.26. The molecule has 0 saturated carbocycles. The van der Waals surface area contributed by atoms with E-state index in [4.69, 9.17) is 5.11 Å². The summed E-state index contributed by atoms with van der Waals surface area (Å²) in [5.41, 5.74) is 0.887. The maximum Gasteiger partial charge on any atom is 0.178 e. The number of hydrogen-bond donors (Lipinski definition) is 1. The number of carbonyl (C=O) groups is 1. The lowest BCUT2D eigenvalue weighted by molar-refractivity contribution is 0.101. The Morgan fingerprint density at radius 3 is 2.92 bits per heavy atom. The molecule has 0 aromatic carbocycles. The lowest BCUT2D eigenvalue weighted by atomic mass is 10.1. The number of aromatic nitrogens is 1. The third-order valence-electron chi connectivity index (χ3n) is 1.44.